The fraction of sp³-hybridized carbons (Fsp3) is 0.391. The highest BCUT2D eigenvalue weighted by Crippen LogP contribution is 2.35. The quantitative estimate of drug-likeness (QED) is 0.700. The zero-order valence-electron chi connectivity index (χ0n) is 17.6. The molecule has 5 amide bonds. The van der Waals surface area contributed by atoms with E-state index >= 15 is 0 Å². The highest BCUT2D eigenvalue weighted by Gasteiger charge is 2.52. The summed E-state index contributed by atoms with van der Waals surface area (Å²) in [5.74, 6) is -0.613. The van der Waals surface area contributed by atoms with Gasteiger partial charge < -0.3 is 20.0 Å². The van der Waals surface area contributed by atoms with Gasteiger partial charge in [-0.3, -0.25) is 19.3 Å². The molecular weight excluding hydrogens is 412 g/mol. The summed E-state index contributed by atoms with van der Waals surface area (Å²) in [6.07, 6.45) is 6.77. The Morgan fingerprint density at radius 3 is 2.72 bits per heavy atom. The Labute approximate surface area is 184 Å². The molecular formula is C23H24N4O5. The number of carbonyl (C=O) groups excluding carboxylic acids is 4. The van der Waals surface area contributed by atoms with Crippen LogP contribution in [0.15, 0.2) is 41.2 Å². The number of anilines is 2. The van der Waals surface area contributed by atoms with Crippen LogP contribution in [-0.2, 0) is 16.0 Å². The first-order valence-electron chi connectivity index (χ1n) is 10.9. The maximum absolute atomic E-state index is 12.7. The number of urea groups is 1. The molecule has 1 saturated carbocycles. The molecule has 1 aromatic heterocycles. The number of benzene rings is 1. The molecule has 0 atom stereocenters. The van der Waals surface area contributed by atoms with E-state index in [0.717, 1.165) is 29.0 Å². The lowest BCUT2D eigenvalue weighted by Crippen LogP contribution is -2.44. The van der Waals surface area contributed by atoms with E-state index in [1.54, 1.807) is 17.0 Å². The molecule has 2 aliphatic heterocycles. The first-order chi connectivity index (χ1) is 15.5. The number of nitrogens with one attached hydrogen (secondary N) is 2. The molecule has 0 radical (unpaired) electrons. The smallest absolute Gasteiger partial charge is 0.325 e. The number of hydrogen-bond donors (Lipinski definition) is 2. The molecule has 32 heavy (non-hydrogen) atoms. The molecule has 166 valence electrons. The van der Waals surface area contributed by atoms with Crippen LogP contribution in [-0.4, -0.2) is 47.3 Å². The number of nitrogens with zero attached hydrogens (tertiary/aromatic N) is 2. The van der Waals surface area contributed by atoms with Crippen LogP contribution in [0.1, 0.15) is 48.0 Å². The maximum atomic E-state index is 12.7. The van der Waals surface area contributed by atoms with E-state index in [-0.39, 0.29) is 30.7 Å². The summed E-state index contributed by atoms with van der Waals surface area (Å²) in [4.78, 5) is 52.9. The van der Waals surface area contributed by atoms with Crippen LogP contribution >= 0.6 is 0 Å². The van der Waals surface area contributed by atoms with E-state index in [9.17, 15) is 19.2 Å². The second-order valence-corrected chi connectivity index (χ2v) is 8.54. The van der Waals surface area contributed by atoms with Gasteiger partial charge in [0, 0.05) is 30.9 Å². The molecule has 9 nitrogen and oxygen atoms in total. The van der Waals surface area contributed by atoms with Crippen LogP contribution in [0.3, 0.4) is 0 Å². The number of fused-ring (bicyclic) bond motifs is 1. The number of amides is 5. The predicted molar refractivity (Wildman–Crippen MR) is 115 cm³/mol. The van der Waals surface area contributed by atoms with E-state index in [4.69, 9.17) is 4.42 Å². The van der Waals surface area contributed by atoms with E-state index < -0.39 is 11.6 Å². The molecule has 2 aromatic rings. The minimum atomic E-state index is -0.757. The lowest BCUT2D eigenvalue weighted by molar-refractivity contribution is -0.131. The Balaban J connectivity index is 1.19. The lowest BCUT2D eigenvalue weighted by atomic mass is 9.98. The molecule has 1 aliphatic carbocycles. The Kier molecular flexibility index (Phi) is 4.96. The fourth-order valence-corrected chi connectivity index (χ4v) is 4.87. The van der Waals surface area contributed by atoms with Gasteiger partial charge in [0.1, 0.15) is 11.8 Å². The van der Waals surface area contributed by atoms with Crippen LogP contribution in [0, 0.1) is 0 Å². The van der Waals surface area contributed by atoms with Crippen molar-refractivity contribution < 1.29 is 23.6 Å². The summed E-state index contributed by atoms with van der Waals surface area (Å²) in [6.45, 7) is 0.612. The van der Waals surface area contributed by atoms with E-state index in [1.807, 2.05) is 12.1 Å². The molecule has 5 rings (SSSR count). The molecule has 1 aromatic carbocycles. The largest absolute Gasteiger partial charge is 0.472 e. The van der Waals surface area contributed by atoms with Gasteiger partial charge in [-0.1, -0.05) is 12.8 Å². The minimum Gasteiger partial charge on any atom is -0.472 e. The Bertz CT molecular complexity index is 1090. The number of hydrogen-bond acceptors (Lipinski definition) is 5. The van der Waals surface area contributed by atoms with Gasteiger partial charge in [0.15, 0.2) is 0 Å². The number of furan rings is 1. The third-order valence-corrected chi connectivity index (χ3v) is 6.54. The van der Waals surface area contributed by atoms with E-state index in [0.29, 0.717) is 37.1 Å². The molecule has 1 saturated heterocycles. The molecule has 1 spiro atoms. The van der Waals surface area contributed by atoms with Crippen molar-refractivity contribution in [2.24, 2.45) is 0 Å². The third-order valence-electron chi connectivity index (χ3n) is 6.54. The fourth-order valence-electron chi connectivity index (χ4n) is 4.87. The molecule has 0 bridgehead atoms. The average molecular weight is 436 g/mol. The van der Waals surface area contributed by atoms with Crippen molar-refractivity contribution in [3.8, 4) is 0 Å². The summed E-state index contributed by atoms with van der Waals surface area (Å²) in [5, 5.41) is 5.65. The normalized spacial score (nSPS) is 18.9. The molecule has 9 heteroatoms. The molecule has 2 fully saturated rings. The van der Waals surface area contributed by atoms with Crippen LogP contribution in [0.5, 0.6) is 0 Å². The molecule has 3 aliphatic rings. The number of imide groups is 1. The topological polar surface area (TPSA) is 112 Å². The average Bonchev–Trinajstić information content (AvgIpc) is 3.56. The van der Waals surface area contributed by atoms with Gasteiger partial charge in [0.2, 0.25) is 5.91 Å². The Morgan fingerprint density at radius 1 is 1.16 bits per heavy atom. The van der Waals surface area contributed by atoms with Crippen molar-refractivity contribution in [1.82, 2.24) is 10.2 Å². The molecule has 3 heterocycles. The van der Waals surface area contributed by atoms with Crippen molar-refractivity contribution in [3.05, 3.63) is 47.9 Å². The van der Waals surface area contributed by atoms with Gasteiger partial charge in [-0.25, -0.2) is 4.79 Å². The lowest BCUT2D eigenvalue weighted by Gasteiger charge is -2.20. The minimum absolute atomic E-state index is 0.0252. The summed E-state index contributed by atoms with van der Waals surface area (Å²) in [7, 11) is 0. The van der Waals surface area contributed by atoms with Crippen LogP contribution in [0.4, 0.5) is 16.2 Å². The molecule has 2 N–H and O–H groups in total. The van der Waals surface area contributed by atoms with Crippen molar-refractivity contribution in [2.75, 3.05) is 23.3 Å². The van der Waals surface area contributed by atoms with Gasteiger partial charge in [0.05, 0.1) is 11.8 Å². The maximum Gasteiger partial charge on any atom is 0.325 e. The monoisotopic (exact) mass is 436 g/mol. The highest BCUT2D eigenvalue weighted by atomic mass is 16.3. The summed E-state index contributed by atoms with van der Waals surface area (Å²) in [6, 6.07) is 6.65. The number of rotatable bonds is 5. The van der Waals surface area contributed by atoms with E-state index in [1.165, 1.54) is 12.5 Å². The third kappa shape index (κ3) is 3.43. The van der Waals surface area contributed by atoms with Gasteiger partial charge in [-0.05, 0) is 49.1 Å². The van der Waals surface area contributed by atoms with Crippen LogP contribution in [0.25, 0.3) is 0 Å². The zero-order valence-corrected chi connectivity index (χ0v) is 17.6. The first-order valence-corrected chi connectivity index (χ1v) is 10.9. The number of carbonyl (C=O) groups is 4. The second-order valence-electron chi connectivity index (χ2n) is 8.54. The van der Waals surface area contributed by atoms with Crippen molar-refractivity contribution >= 4 is 35.1 Å². The summed E-state index contributed by atoms with van der Waals surface area (Å²) >= 11 is 0. The Hall–Kier alpha value is -3.62. The summed E-state index contributed by atoms with van der Waals surface area (Å²) < 4.78 is 5.00. The standard InChI is InChI=1S/C23H24N4O5/c28-19(6-11-27-21(30)23(25-22(27)31)8-1-2-9-23)24-17-3-4-18-15(13-17)5-10-26(18)20(29)16-7-12-32-14-16/h3-4,7,12-14H,1-2,5-6,8-11H2,(H,24,28)(H,25,31). The Morgan fingerprint density at radius 2 is 1.97 bits per heavy atom. The van der Waals surface area contributed by atoms with Crippen molar-refractivity contribution in [1.29, 1.82) is 0 Å². The predicted octanol–water partition coefficient (Wildman–Crippen LogP) is 2.68. The van der Waals surface area contributed by atoms with Crippen LogP contribution < -0.4 is 15.5 Å². The second kappa shape index (κ2) is 7.81. The first kappa shape index (κ1) is 20.3. The summed E-state index contributed by atoms with van der Waals surface area (Å²) in [5.41, 5.74) is 2.14. The van der Waals surface area contributed by atoms with Crippen molar-refractivity contribution in [2.45, 2.75) is 44.1 Å². The zero-order chi connectivity index (χ0) is 22.3. The van der Waals surface area contributed by atoms with Gasteiger partial charge in [-0.15, -0.1) is 0 Å². The van der Waals surface area contributed by atoms with Crippen molar-refractivity contribution in [3.63, 3.8) is 0 Å². The van der Waals surface area contributed by atoms with Gasteiger partial charge in [0.25, 0.3) is 11.8 Å². The van der Waals surface area contributed by atoms with E-state index in [2.05, 4.69) is 10.6 Å². The van der Waals surface area contributed by atoms with Gasteiger partial charge >= 0.3 is 6.03 Å². The van der Waals surface area contributed by atoms with Crippen LogP contribution in [0.2, 0.25) is 0 Å². The SMILES string of the molecule is O=C(CCN1C(=O)NC2(CCCC2)C1=O)Nc1ccc2c(c1)CCN2C(=O)c1ccoc1. The highest BCUT2D eigenvalue weighted by molar-refractivity contribution is 6.08. The molecule has 0 unspecified atom stereocenters. The van der Waals surface area contributed by atoms with Gasteiger partial charge in [-0.2, -0.15) is 0 Å².